The van der Waals surface area contributed by atoms with Crippen molar-refractivity contribution in [1.29, 1.82) is 0 Å². The molecule has 0 aliphatic carbocycles. The fourth-order valence-corrected chi connectivity index (χ4v) is 3.02. The Balaban J connectivity index is 1.50. The van der Waals surface area contributed by atoms with Gasteiger partial charge >= 0.3 is 0 Å². The number of aliphatic hydroxyl groups excluding tert-OH is 1. The van der Waals surface area contributed by atoms with Crippen LogP contribution in [0.3, 0.4) is 0 Å². The minimum Gasteiger partial charge on any atom is -0.490 e. The van der Waals surface area contributed by atoms with Crippen molar-refractivity contribution in [3.8, 4) is 5.75 Å². The highest BCUT2D eigenvalue weighted by Crippen LogP contribution is 2.25. The van der Waals surface area contributed by atoms with Crippen LogP contribution in [-0.4, -0.2) is 27.6 Å². The predicted octanol–water partition coefficient (Wildman–Crippen LogP) is 2.99. The molecule has 3 aromatic carbocycles. The maximum absolute atomic E-state index is 12.5. The Hall–Kier alpha value is -3.18. The van der Waals surface area contributed by atoms with Crippen LogP contribution < -0.4 is 10.3 Å². The minimum atomic E-state index is -0.847. The summed E-state index contributed by atoms with van der Waals surface area (Å²) >= 11 is 0. The van der Waals surface area contributed by atoms with E-state index in [0.29, 0.717) is 11.1 Å². The van der Waals surface area contributed by atoms with Crippen LogP contribution in [0, 0.1) is 0 Å². The second kappa shape index (κ2) is 6.98. The van der Waals surface area contributed by atoms with Crippen LogP contribution in [0.5, 0.6) is 5.75 Å². The number of aromatic nitrogens is 2. The van der Waals surface area contributed by atoms with Gasteiger partial charge in [0.05, 0.1) is 18.1 Å². The Morgan fingerprint density at radius 3 is 2.46 bits per heavy atom. The topological polar surface area (TPSA) is 64.4 Å². The van der Waals surface area contributed by atoms with Gasteiger partial charge in [-0.15, -0.1) is 0 Å². The summed E-state index contributed by atoms with van der Waals surface area (Å²) in [6.07, 6.45) is 0.787. The van der Waals surface area contributed by atoms with Crippen molar-refractivity contribution in [3.63, 3.8) is 0 Å². The molecule has 0 saturated carbocycles. The summed E-state index contributed by atoms with van der Waals surface area (Å²) in [4.78, 5) is 12.5. The van der Waals surface area contributed by atoms with Gasteiger partial charge in [-0.2, -0.15) is 5.10 Å². The van der Waals surface area contributed by atoms with Gasteiger partial charge in [-0.25, -0.2) is 4.68 Å². The quantitative estimate of drug-likeness (QED) is 0.603. The molecule has 4 aromatic rings. The number of hydrogen-bond donors (Lipinski definition) is 1. The summed E-state index contributed by atoms with van der Waals surface area (Å²) < 4.78 is 7.06. The molecular formula is C21H18N2O3. The smallest absolute Gasteiger partial charge is 0.274 e. The number of ether oxygens (including phenoxy) is 1. The molecule has 5 nitrogen and oxygen atoms in total. The number of fused-ring (bicyclic) bond motifs is 2. The van der Waals surface area contributed by atoms with E-state index < -0.39 is 6.10 Å². The van der Waals surface area contributed by atoms with Gasteiger partial charge in [0.15, 0.2) is 0 Å². The van der Waals surface area contributed by atoms with E-state index in [4.69, 9.17) is 4.74 Å². The zero-order valence-electron chi connectivity index (χ0n) is 14.1. The van der Waals surface area contributed by atoms with E-state index in [1.165, 1.54) is 4.68 Å². The Kier molecular flexibility index (Phi) is 4.37. The first-order chi connectivity index (χ1) is 12.7. The Labute approximate surface area is 150 Å². The van der Waals surface area contributed by atoms with E-state index in [2.05, 4.69) is 5.10 Å². The third-order valence-corrected chi connectivity index (χ3v) is 4.33. The second-order valence-electron chi connectivity index (χ2n) is 6.16. The summed E-state index contributed by atoms with van der Waals surface area (Å²) in [5.41, 5.74) is -0.215. The standard InChI is InChI=1S/C21H18N2O3/c24-17(13-23-21(25)19-10-4-2-7-16(19)12-22-23)14-26-20-11-5-8-15-6-1-3-9-18(15)20/h1-12,17,24H,13-14H2/t17-/m0/s1. The van der Waals surface area contributed by atoms with Gasteiger partial charge < -0.3 is 9.84 Å². The molecule has 1 aromatic heterocycles. The van der Waals surface area contributed by atoms with Crippen molar-refractivity contribution >= 4 is 21.5 Å². The molecule has 0 saturated heterocycles. The van der Waals surface area contributed by atoms with Crippen molar-refractivity contribution in [2.24, 2.45) is 0 Å². The molecule has 130 valence electrons. The fourth-order valence-electron chi connectivity index (χ4n) is 3.02. The third-order valence-electron chi connectivity index (χ3n) is 4.33. The van der Waals surface area contributed by atoms with Gasteiger partial charge in [0.2, 0.25) is 0 Å². The molecule has 26 heavy (non-hydrogen) atoms. The monoisotopic (exact) mass is 346 g/mol. The van der Waals surface area contributed by atoms with Crippen molar-refractivity contribution in [2.75, 3.05) is 6.61 Å². The molecule has 0 spiro atoms. The molecule has 0 amide bonds. The maximum Gasteiger partial charge on any atom is 0.274 e. The number of benzene rings is 3. The molecule has 0 unspecified atom stereocenters. The highest BCUT2D eigenvalue weighted by molar-refractivity contribution is 5.88. The first-order valence-corrected chi connectivity index (χ1v) is 8.46. The highest BCUT2D eigenvalue weighted by Gasteiger charge is 2.11. The predicted molar refractivity (Wildman–Crippen MR) is 101 cm³/mol. The van der Waals surface area contributed by atoms with Crippen LogP contribution in [0.25, 0.3) is 21.5 Å². The first-order valence-electron chi connectivity index (χ1n) is 8.46. The van der Waals surface area contributed by atoms with E-state index >= 15 is 0 Å². The molecule has 0 aliphatic heterocycles. The summed E-state index contributed by atoms with van der Waals surface area (Å²) in [7, 11) is 0. The normalized spacial score (nSPS) is 12.3. The lowest BCUT2D eigenvalue weighted by Gasteiger charge is -2.14. The molecule has 1 heterocycles. The molecule has 4 rings (SSSR count). The van der Waals surface area contributed by atoms with Gasteiger partial charge in [-0.1, -0.05) is 54.6 Å². The number of nitrogens with zero attached hydrogens (tertiary/aromatic N) is 2. The van der Waals surface area contributed by atoms with Crippen molar-refractivity contribution in [2.45, 2.75) is 12.6 Å². The minimum absolute atomic E-state index is 0.0778. The van der Waals surface area contributed by atoms with E-state index in [0.717, 1.165) is 16.2 Å². The average molecular weight is 346 g/mol. The van der Waals surface area contributed by atoms with E-state index in [9.17, 15) is 9.90 Å². The van der Waals surface area contributed by atoms with Crippen LogP contribution >= 0.6 is 0 Å². The molecule has 1 N–H and O–H groups in total. The first kappa shape index (κ1) is 16.3. The average Bonchev–Trinajstić information content (AvgIpc) is 2.69. The summed E-state index contributed by atoms with van der Waals surface area (Å²) in [6, 6.07) is 21.0. The van der Waals surface area contributed by atoms with Gasteiger partial charge in [0.25, 0.3) is 5.56 Å². The Morgan fingerprint density at radius 1 is 0.923 bits per heavy atom. The summed E-state index contributed by atoms with van der Waals surface area (Å²) in [5.74, 6) is 0.709. The van der Waals surface area contributed by atoms with Crippen molar-refractivity contribution in [1.82, 2.24) is 9.78 Å². The molecule has 0 bridgehead atoms. The fraction of sp³-hybridized carbons (Fsp3) is 0.143. The molecule has 0 radical (unpaired) electrons. The van der Waals surface area contributed by atoms with Crippen LogP contribution in [0.15, 0.2) is 77.7 Å². The summed E-state index contributed by atoms with van der Waals surface area (Å²) in [5, 5.41) is 17.9. The van der Waals surface area contributed by atoms with Gasteiger partial charge in [0, 0.05) is 10.8 Å². The molecule has 0 aliphatic rings. The lowest BCUT2D eigenvalue weighted by atomic mass is 10.1. The highest BCUT2D eigenvalue weighted by atomic mass is 16.5. The maximum atomic E-state index is 12.5. The molecular weight excluding hydrogens is 328 g/mol. The lowest BCUT2D eigenvalue weighted by Crippen LogP contribution is -2.31. The zero-order valence-corrected chi connectivity index (χ0v) is 14.1. The van der Waals surface area contributed by atoms with Crippen LogP contribution in [0.1, 0.15) is 0 Å². The Morgan fingerprint density at radius 2 is 1.62 bits per heavy atom. The van der Waals surface area contributed by atoms with Crippen molar-refractivity contribution in [3.05, 3.63) is 83.3 Å². The third kappa shape index (κ3) is 3.17. The largest absolute Gasteiger partial charge is 0.490 e. The zero-order chi connectivity index (χ0) is 17.9. The van der Waals surface area contributed by atoms with E-state index in [1.54, 1.807) is 12.3 Å². The lowest BCUT2D eigenvalue weighted by molar-refractivity contribution is 0.0888. The van der Waals surface area contributed by atoms with E-state index in [-0.39, 0.29) is 18.7 Å². The summed E-state index contributed by atoms with van der Waals surface area (Å²) in [6.45, 7) is 0.156. The van der Waals surface area contributed by atoms with Gasteiger partial charge in [0.1, 0.15) is 18.5 Å². The van der Waals surface area contributed by atoms with E-state index in [1.807, 2.05) is 60.7 Å². The van der Waals surface area contributed by atoms with Crippen LogP contribution in [0.2, 0.25) is 0 Å². The van der Waals surface area contributed by atoms with Gasteiger partial charge in [-0.3, -0.25) is 4.79 Å². The number of aliphatic hydroxyl groups is 1. The number of rotatable bonds is 5. The molecule has 5 heteroatoms. The van der Waals surface area contributed by atoms with Gasteiger partial charge in [-0.05, 0) is 17.5 Å². The molecule has 1 atom stereocenters. The van der Waals surface area contributed by atoms with Crippen LogP contribution in [-0.2, 0) is 6.54 Å². The van der Waals surface area contributed by atoms with Crippen molar-refractivity contribution < 1.29 is 9.84 Å². The second-order valence-corrected chi connectivity index (χ2v) is 6.16. The number of hydrogen-bond acceptors (Lipinski definition) is 4. The Bertz CT molecular complexity index is 1120. The molecule has 0 fully saturated rings. The van der Waals surface area contributed by atoms with Crippen LogP contribution in [0.4, 0.5) is 0 Å². The SMILES string of the molecule is O=c1c2ccccc2cnn1C[C@H](O)COc1cccc2ccccc12.